The summed E-state index contributed by atoms with van der Waals surface area (Å²) in [5.41, 5.74) is 6.12. The van der Waals surface area contributed by atoms with Crippen molar-refractivity contribution in [3.8, 4) is 11.3 Å². The quantitative estimate of drug-likeness (QED) is 0.431. The Hall–Kier alpha value is -1.43. The summed E-state index contributed by atoms with van der Waals surface area (Å²) < 4.78 is 5.17. The summed E-state index contributed by atoms with van der Waals surface area (Å²) in [6, 6.07) is 8.59. The van der Waals surface area contributed by atoms with E-state index in [-0.39, 0.29) is 12.0 Å². The zero-order chi connectivity index (χ0) is 18.6. The summed E-state index contributed by atoms with van der Waals surface area (Å²) in [7, 11) is 1.72. The predicted octanol–water partition coefficient (Wildman–Crippen LogP) is 4.03. The summed E-state index contributed by atoms with van der Waals surface area (Å²) in [5, 5.41) is 9.99. The maximum absolute atomic E-state index is 9.16. The van der Waals surface area contributed by atoms with Gasteiger partial charge in [-0.1, -0.05) is 49.9 Å². The molecule has 1 heterocycles. The van der Waals surface area contributed by atoms with E-state index in [0.717, 1.165) is 48.0 Å². The lowest BCUT2D eigenvalue weighted by atomic mass is 9.71. The van der Waals surface area contributed by atoms with Gasteiger partial charge >= 0.3 is 0 Å². The number of fused-ring (bicyclic) bond motifs is 3. The Bertz CT molecular complexity index is 762. The third-order valence-corrected chi connectivity index (χ3v) is 5.70. The lowest BCUT2D eigenvalue weighted by molar-refractivity contribution is 0.218. The van der Waals surface area contributed by atoms with Crippen LogP contribution in [0.1, 0.15) is 43.5 Å². The van der Waals surface area contributed by atoms with Crippen LogP contribution in [0.5, 0.6) is 0 Å². The van der Waals surface area contributed by atoms with E-state index in [4.69, 9.17) is 19.8 Å². The molecule has 0 saturated heterocycles. The first kappa shape index (κ1) is 19.3. The second-order valence-electron chi connectivity index (χ2n) is 7.42. The Morgan fingerprint density at radius 3 is 2.77 bits per heavy atom. The minimum atomic E-state index is 0.00790. The molecular weight excluding hydrogens is 344 g/mol. The molecule has 0 spiro atoms. The van der Waals surface area contributed by atoms with Crippen molar-refractivity contribution < 1.29 is 9.84 Å². The molecule has 0 bridgehead atoms. The van der Waals surface area contributed by atoms with Crippen molar-refractivity contribution in [2.45, 2.75) is 50.1 Å². The van der Waals surface area contributed by atoms with Crippen LogP contribution in [0, 0.1) is 0 Å². The fourth-order valence-corrected chi connectivity index (χ4v) is 4.49. The largest absolute Gasteiger partial charge is 0.396 e. The van der Waals surface area contributed by atoms with Crippen LogP contribution >= 0.6 is 11.8 Å². The van der Waals surface area contributed by atoms with Crippen molar-refractivity contribution in [3.63, 3.8) is 0 Å². The van der Waals surface area contributed by atoms with Crippen LogP contribution in [0.2, 0.25) is 0 Å². The van der Waals surface area contributed by atoms with E-state index >= 15 is 0 Å². The maximum atomic E-state index is 9.16. The Labute approximate surface area is 160 Å². The molecule has 0 unspecified atom stereocenters. The molecule has 0 radical (unpaired) electrons. The molecule has 26 heavy (non-hydrogen) atoms. The number of aryl methyl sites for hydroxylation is 1. The van der Waals surface area contributed by atoms with Gasteiger partial charge in [-0.2, -0.15) is 0 Å². The molecule has 0 fully saturated rings. The highest BCUT2D eigenvalue weighted by Gasteiger charge is 2.35. The first-order valence-corrected chi connectivity index (χ1v) is 10.3. The molecule has 1 N–H and O–H groups in total. The van der Waals surface area contributed by atoms with Crippen LogP contribution in [0.15, 0.2) is 29.4 Å². The molecule has 1 aliphatic rings. The first-order chi connectivity index (χ1) is 12.6. The molecule has 5 heteroatoms. The van der Waals surface area contributed by atoms with Crippen LogP contribution < -0.4 is 0 Å². The highest BCUT2D eigenvalue weighted by Crippen LogP contribution is 2.44. The summed E-state index contributed by atoms with van der Waals surface area (Å²) in [5.74, 6) is 0.844. The van der Waals surface area contributed by atoms with Crippen molar-refractivity contribution in [1.29, 1.82) is 0 Å². The number of ether oxygens (including phenoxy) is 1. The van der Waals surface area contributed by atoms with E-state index < -0.39 is 0 Å². The van der Waals surface area contributed by atoms with E-state index in [9.17, 15) is 0 Å². The molecule has 2 aromatic rings. The third-order valence-electron chi connectivity index (χ3n) is 4.89. The van der Waals surface area contributed by atoms with Gasteiger partial charge in [0.1, 0.15) is 0 Å². The average molecular weight is 373 g/mol. The Morgan fingerprint density at radius 1 is 1.19 bits per heavy atom. The molecule has 140 valence electrons. The van der Waals surface area contributed by atoms with Gasteiger partial charge in [-0.15, -0.1) is 0 Å². The number of benzene rings is 1. The topological polar surface area (TPSA) is 55.2 Å². The van der Waals surface area contributed by atoms with Crippen molar-refractivity contribution in [2.75, 3.05) is 26.1 Å². The number of unbranched alkanes of at least 4 members (excludes halogenated alkanes) is 1. The number of methoxy groups -OCH3 is 1. The predicted molar refractivity (Wildman–Crippen MR) is 107 cm³/mol. The summed E-state index contributed by atoms with van der Waals surface area (Å²) >= 11 is 1.65. The number of thioether (sulfide) groups is 1. The fourth-order valence-electron chi connectivity index (χ4n) is 3.73. The maximum Gasteiger partial charge on any atom is 0.188 e. The van der Waals surface area contributed by atoms with E-state index in [1.807, 2.05) is 0 Å². The third kappa shape index (κ3) is 4.11. The van der Waals surface area contributed by atoms with E-state index in [2.05, 4.69) is 38.1 Å². The minimum Gasteiger partial charge on any atom is -0.396 e. The molecule has 3 rings (SSSR count). The minimum absolute atomic E-state index is 0.00790. The highest BCUT2D eigenvalue weighted by atomic mass is 32.2. The smallest absolute Gasteiger partial charge is 0.188 e. The van der Waals surface area contributed by atoms with Crippen LogP contribution in [-0.4, -0.2) is 41.2 Å². The average Bonchev–Trinajstić information content (AvgIpc) is 2.61. The van der Waals surface area contributed by atoms with Crippen LogP contribution in [0.25, 0.3) is 11.3 Å². The van der Waals surface area contributed by atoms with Crippen LogP contribution in [0.3, 0.4) is 0 Å². The second-order valence-corrected chi connectivity index (χ2v) is 8.48. The van der Waals surface area contributed by atoms with Crippen LogP contribution in [-0.2, 0) is 23.0 Å². The monoisotopic (exact) mass is 372 g/mol. The van der Waals surface area contributed by atoms with E-state index in [0.29, 0.717) is 6.61 Å². The van der Waals surface area contributed by atoms with Gasteiger partial charge in [0.05, 0.1) is 12.3 Å². The zero-order valence-electron chi connectivity index (χ0n) is 15.9. The molecule has 0 amide bonds. The molecule has 0 atom stereocenters. The molecule has 4 nitrogen and oxygen atoms in total. The first-order valence-electron chi connectivity index (χ1n) is 9.29. The number of aromatic nitrogens is 2. The molecule has 1 aromatic heterocycles. The van der Waals surface area contributed by atoms with Gasteiger partial charge < -0.3 is 9.84 Å². The second kappa shape index (κ2) is 8.51. The summed E-state index contributed by atoms with van der Waals surface area (Å²) in [6.45, 7) is 5.50. The SMILES string of the molecule is COCCSc1nc(CCCCO)c2c(n1)-c1ccccc1CC2(C)C. The van der Waals surface area contributed by atoms with Gasteiger partial charge in [0, 0.05) is 36.3 Å². The highest BCUT2D eigenvalue weighted by molar-refractivity contribution is 7.99. The Morgan fingerprint density at radius 2 is 2.00 bits per heavy atom. The number of hydrogen-bond donors (Lipinski definition) is 1. The fraction of sp³-hybridized carbons (Fsp3) is 0.524. The van der Waals surface area contributed by atoms with Crippen molar-refractivity contribution in [2.24, 2.45) is 0 Å². The number of rotatable bonds is 8. The molecule has 0 aliphatic heterocycles. The lowest BCUT2D eigenvalue weighted by Gasteiger charge is -2.35. The number of nitrogens with zero attached hydrogens (tertiary/aromatic N) is 2. The zero-order valence-corrected chi connectivity index (χ0v) is 16.7. The summed E-state index contributed by atoms with van der Waals surface area (Å²) in [4.78, 5) is 9.87. The Balaban J connectivity index is 2.07. The normalized spacial score (nSPS) is 14.8. The molecule has 0 saturated carbocycles. The van der Waals surface area contributed by atoms with Gasteiger partial charge in [-0.05, 0) is 36.7 Å². The molecule has 1 aromatic carbocycles. The molecular formula is C21H28N2O2S. The van der Waals surface area contributed by atoms with Gasteiger partial charge in [0.25, 0.3) is 0 Å². The van der Waals surface area contributed by atoms with Crippen molar-refractivity contribution in [1.82, 2.24) is 9.97 Å². The van der Waals surface area contributed by atoms with Gasteiger partial charge in [-0.3, -0.25) is 0 Å². The standard InChI is InChI=1S/C21H28N2O2S/c1-21(2)14-15-8-4-5-9-16(15)19-18(21)17(10-6-7-11-24)22-20(23-19)26-13-12-25-3/h4-5,8-9,24H,6-7,10-14H2,1-3H3. The molecule has 1 aliphatic carbocycles. The van der Waals surface area contributed by atoms with Crippen LogP contribution in [0.4, 0.5) is 0 Å². The van der Waals surface area contributed by atoms with E-state index in [1.165, 1.54) is 16.7 Å². The number of aliphatic hydroxyl groups is 1. The van der Waals surface area contributed by atoms with Crippen molar-refractivity contribution in [3.05, 3.63) is 41.1 Å². The van der Waals surface area contributed by atoms with Gasteiger partial charge in [0.15, 0.2) is 5.16 Å². The lowest BCUT2D eigenvalue weighted by Crippen LogP contribution is -2.29. The Kier molecular flexibility index (Phi) is 6.33. The van der Waals surface area contributed by atoms with Gasteiger partial charge in [-0.25, -0.2) is 9.97 Å². The van der Waals surface area contributed by atoms with Crippen molar-refractivity contribution >= 4 is 11.8 Å². The summed E-state index contributed by atoms with van der Waals surface area (Å²) in [6.07, 6.45) is 3.64. The van der Waals surface area contributed by atoms with E-state index in [1.54, 1.807) is 18.9 Å². The number of aliphatic hydroxyl groups excluding tert-OH is 1. The number of hydrogen-bond acceptors (Lipinski definition) is 5. The van der Waals surface area contributed by atoms with Gasteiger partial charge in [0.2, 0.25) is 0 Å².